The third-order valence-corrected chi connectivity index (χ3v) is 3.64. The Morgan fingerprint density at radius 1 is 1.33 bits per heavy atom. The van der Waals surface area contributed by atoms with E-state index >= 15 is 0 Å². The number of pyridine rings is 1. The fourth-order valence-electron chi connectivity index (χ4n) is 2.85. The summed E-state index contributed by atoms with van der Waals surface area (Å²) in [7, 11) is 3.72. The van der Waals surface area contributed by atoms with Gasteiger partial charge in [-0.05, 0) is 42.5 Å². The number of fused-ring (bicyclic) bond motifs is 2. The molecule has 3 rings (SSSR count). The Morgan fingerprint density at radius 2 is 2.22 bits per heavy atom. The number of methoxy groups -OCH3 is 1. The van der Waals surface area contributed by atoms with Crippen molar-refractivity contribution in [1.82, 2.24) is 4.98 Å². The van der Waals surface area contributed by atoms with Crippen molar-refractivity contribution in [2.75, 3.05) is 19.5 Å². The van der Waals surface area contributed by atoms with Gasteiger partial charge in [-0.25, -0.2) is 0 Å². The molecule has 0 saturated carbocycles. The zero-order valence-corrected chi connectivity index (χ0v) is 10.9. The van der Waals surface area contributed by atoms with Gasteiger partial charge in [-0.3, -0.25) is 4.98 Å². The zero-order valence-electron chi connectivity index (χ0n) is 10.9. The van der Waals surface area contributed by atoms with Crippen LogP contribution in [0.15, 0.2) is 18.2 Å². The summed E-state index contributed by atoms with van der Waals surface area (Å²) in [6, 6.07) is 6.39. The molecule has 0 saturated heterocycles. The molecule has 0 bridgehead atoms. The van der Waals surface area contributed by atoms with Gasteiger partial charge in [0.1, 0.15) is 0 Å². The molecule has 1 aromatic heterocycles. The van der Waals surface area contributed by atoms with Gasteiger partial charge in [0.05, 0.1) is 12.1 Å². The third kappa shape index (κ3) is 1.75. The average molecular weight is 242 g/mol. The van der Waals surface area contributed by atoms with Crippen LogP contribution in [0.5, 0.6) is 0 Å². The first-order chi connectivity index (χ1) is 8.83. The number of nitrogens with one attached hydrogen (secondary N) is 1. The first-order valence-electron chi connectivity index (χ1n) is 6.44. The third-order valence-electron chi connectivity index (χ3n) is 3.64. The number of anilines is 1. The van der Waals surface area contributed by atoms with E-state index in [2.05, 4.69) is 23.5 Å². The average Bonchev–Trinajstić information content (AvgIpc) is 2.84. The SMILES string of the molecule is CNc1c2c(nc3ccc(COC)cc13)CCC2. The van der Waals surface area contributed by atoms with E-state index < -0.39 is 0 Å². The van der Waals surface area contributed by atoms with Gasteiger partial charge >= 0.3 is 0 Å². The molecule has 3 heteroatoms. The maximum absolute atomic E-state index is 5.20. The van der Waals surface area contributed by atoms with Crippen LogP contribution in [0.2, 0.25) is 0 Å². The van der Waals surface area contributed by atoms with Gasteiger partial charge in [-0.15, -0.1) is 0 Å². The van der Waals surface area contributed by atoms with E-state index in [0.717, 1.165) is 18.4 Å². The predicted molar refractivity (Wildman–Crippen MR) is 74.0 cm³/mol. The van der Waals surface area contributed by atoms with Crippen molar-refractivity contribution in [2.45, 2.75) is 25.9 Å². The van der Waals surface area contributed by atoms with Crippen molar-refractivity contribution in [3.63, 3.8) is 0 Å². The van der Waals surface area contributed by atoms with Crippen LogP contribution in [0, 0.1) is 0 Å². The Balaban J connectivity index is 2.24. The second-order valence-corrected chi connectivity index (χ2v) is 4.80. The van der Waals surface area contributed by atoms with Crippen LogP contribution >= 0.6 is 0 Å². The normalized spacial score (nSPS) is 13.9. The molecule has 0 fully saturated rings. The van der Waals surface area contributed by atoms with Crippen LogP contribution in [0.1, 0.15) is 23.2 Å². The summed E-state index contributed by atoms with van der Waals surface area (Å²) < 4.78 is 5.20. The summed E-state index contributed by atoms with van der Waals surface area (Å²) in [6.45, 7) is 0.649. The van der Waals surface area contributed by atoms with E-state index in [1.54, 1.807) is 7.11 Å². The van der Waals surface area contributed by atoms with Crippen molar-refractivity contribution in [3.8, 4) is 0 Å². The molecule has 2 aromatic rings. The highest BCUT2D eigenvalue weighted by Gasteiger charge is 2.18. The van der Waals surface area contributed by atoms with Crippen LogP contribution in [-0.2, 0) is 24.2 Å². The molecule has 18 heavy (non-hydrogen) atoms. The van der Waals surface area contributed by atoms with Crippen LogP contribution in [0.4, 0.5) is 5.69 Å². The number of benzene rings is 1. The Labute approximate surface area is 107 Å². The number of hydrogen-bond acceptors (Lipinski definition) is 3. The molecule has 1 aliphatic rings. The maximum atomic E-state index is 5.20. The Kier molecular flexibility index (Phi) is 2.92. The van der Waals surface area contributed by atoms with E-state index in [4.69, 9.17) is 9.72 Å². The second-order valence-electron chi connectivity index (χ2n) is 4.80. The highest BCUT2D eigenvalue weighted by atomic mass is 16.5. The first kappa shape index (κ1) is 11.5. The van der Waals surface area contributed by atoms with Gasteiger partial charge in [0.2, 0.25) is 0 Å². The number of hydrogen-bond donors (Lipinski definition) is 1. The largest absolute Gasteiger partial charge is 0.387 e. The van der Waals surface area contributed by atoms with Gasteiger partial charge in [0.25, 0.3) is 0 Å². The Morgan fingerprint density at radius 3 is 3.00 bits per heavy atom. The van der Waals surface area contributed by atoms with Crippen molar-refractivity contribution in [1.29, 1.82) is 0 Å². The standard InChI is InChI=1S/C15H18N2O/c1-16-15-11-4-3-5-13(11)17-14-7-6-10(9-18-2)8-12(14)15/h6-8H,3-5,9H2,1-2H3,(H,16,17). The van der Waals surface area contributed by atoms with Gasteiger partial charge in [0.15, 0.2) is 0 Å². The molecular weight excluding hydrogens is 224 g/mol. The number of aromatic nitrogens is 1. The lowest BCUT2D eigenvalue weighted by atomic mass is 10.0. The van der Waals surface area contributed by atoms with E-state index in [1.807, 2.05) is 7.05 Å². The number of aryl methyl sites for hydroxylation is 1. The van der Waals surface area contributed by atoms with Crippen LogP contribution in [0.3, 0.4) is 0 Å². The smallest absolute Gasteiger partial charge is 0.0726 e. The molecule has 0 unspecified atom stereocenters. The molecule has 0 radical (unpaired) electrons. The summed E-state index contributed by atoms with van der Waals surface area (Å²) in [5.41, 5.74) is 6.21. The quantitative estimate of drug-likeness (QED) is 0.898. The molecule has 0 amide bonds. The molecule has 1 aliphatic carbocycles. The molecule has 1 N–H and O–H groups in total. The fourth-order valence-corrected chi connectivity index (χ4v) is 2.85. The monoisotopic (exact) mass is 242 g/mol. The minimum Gasteiger partial charge on any atom is -0.387 e. The van der Waals surface area contributed by atoms with Crippen LogP contribution in [-0.4, -0.2) is 19.1 Å². The molecule has 1 heterocycles. The van der Waals surface area contributed by atoms with Crippen LogP contribution in [0.25, 0.3) is 10.9 Å². The second kappa shape index (κ2) is 4.58. The first-order valence-corrected chi connectivity index (χ1v) is 6.44. The highest BCUT2D eigenvalue weighted by molar-refractivity contribution is 5.94. The minimum atomic E-state index is 0.649. The molecule has 94 valence electrons. The molecular formula is C15H18N2O. The lowest BCUT2D eigenvalue weighted by Gasteiger charge is -2.12. The van der Waals surface area contributed by atoms with Crippen molar-refractivity contribution in [2.24, 2.45) is 0 Å². The summed E-state index contributed by atoms with van der Waals surface area (Å²) in [6.07, 6.45) is 3.47. The number of nitrogens with zero attached hydrogens (tertiary/aromatic N) is 1. The van der Waals surface area contributed by atoms with Gasteiger partial charge in [-0.1, -0.05) is 6.07 Å². The highest BCUT2D eigenvalue weighted by Crippen LogP contribution is 2.34. The molecule has 0 atom stereocenters. The summed E-state index contributed by atoms with van der Waals surface area (Å²) in [5.74, 6) is 0. The van der Waals surface area contributed by atoms with Crippen molar-refractivity contribution in [3.05, 3.63) is 35.0 Å². The van der Waals surface area contributed by atoms with Crippen molar-refractivity contribution >= 4 is 16.6 Å². The predicted octanol–water partition coefficient (Wildman–Crippen LogP) is 2.91. The van der Waals surface area contributed by atoms with E-state index in [9.17, 15) is 0 Å². The Hall–Kier alpha value is -1.61. The number of rotatable bonds is 3. The van der Waals surface area contributed by atoms with Crippen LogP contribution < -0.4 is 5.32 Å². The number of ether oxygens (including phenoxy) is 1. The molecule has 0 spiro atoms. The van der Waals surface area contributed by atoms with E-state index in [1.165, 1.54) is 34.3 Å². The van der Waals surface area contributed by atoms with E-state index in [-0.39, 0.29) is 0 Å². The maximum Gasteiger partial charge on any atom is 0.0726 e. The lowest BCUT2D eigenvalue weighted by Crippen LogP contribution is -2.00. The minimum absolute atomic E-state index is 0.649. The summed E-state index contributed by atoms with van der Waals surface area (Å²) >= 11 is 0. The lowest BCUT2D eigenvalue weighted by molar-refractivity contribution is 0.185. The zero-order chi connectivity index (χ0) is 12.5. The molecule has 3 nitrogen and oxygen atoms in total. The van der Waals surface area contributed by atoms with Gasteiger partial charge < -0.3 is 10.1 Å². The summed E-state index contributed by atoms with van der Waals surface area (Å²) in [5, 5.41) is 4.57. The van der Waals surface area contributed by atoms with Gasteiger partial charge in [-0.2, -0.15) is 0 Å². The van der Waals surface area contributed by atoms with Crippen molar-refractivity contribution < 1.29 is 4.74 Å². The molecule has 0 aliphatic heterocycles. The fraction of sp³-hybridized carbons (Fsp3) is 0.400. The Bertz CT molecular complexity index is 593. The molecule has 1 aromatic carbocycles. The summed E-state index contributed by atoms with van der Waals surface area (Å²) in [4.78, 5) is 4.78. The topological polar surface area (TPSA) is 34.2 Å². The van der Waals surface area contributed by atoms with E-state index in [0.29, 0.717) is 6.61 Å². The van der Waals surface area contributed by atoms with Gasteiger partial charge in [0, 0.05) is 30.9 Å².